The predicted molar refractivity (Wildman–Crippen MR) is 44.1 cm³/mol. The molecule has 0 spiro atoms. The largest absolute Gasteiger partial charge is 0.267 e. The van der Waals surface area contributed by atoms with E-state index in [-0.39, 0.29) is 9.50 Å². The highest BCUT2D eigenvalue weighted by molar-refractivity contribution is 9.10. The lowest BCUT2D eigenvalue weighted by Crippen LogP contribution is -1.92. The summed E-state index contributed by atoms with van der Waals surface area (Å²) in [7, 11) is 0. The molecule has 0 heterocycles. The Bertz CT molecular complexity index is 278. The van der Waals surface area contributed by atoms with Crippen LogP contribution in [0.5, 0.6) is 0 Å². The van der Waals surface area contributed by atoms with E-state index < -0.39 is 17.8 Å². The molecule has 0 aliphatic rings. The Morgan fingerprint density at radius 1 is 1.33 bits per heavy atom. The highest BCUT2D eigenvalue weighted by atomic mass is 79.9. The van der Waals surface area contributed by atoms with Gasteiger partial charge >= 0.3 is 0 Å². The van der Waals surface area contributed by atoms with Crippen LogP contribution in [0, 0.1) is 5.82 Å². The Labute approximate surface area is 80.5 Å². The zero-order chi connectivity index (χ0) is 9.30. The van der Waals surface area contributed by atoms with Gasteiger partial charge in [0, 0.05) is 9.50 Å². The highest BCUT2D eigenvalue weighted by Crippen LogP contribution is 2.32. The minimum absolute atomic E-state index is 0.0116. The average molecular weight is 259 g/mol. The molecule has 0 nitrogen and oxygen atoms in total. The first-order valence-electron chi connectivity index (χ1n) is 2.95. The maximum atomic E-state index is 12.8. The van der Waals surface area contributed by atoms with Gasteiger partial charge in [0.05, 0.1) is 5.56 Å². The average Bonchev–Trinajstić information content (AvgIpc) is 1.82. The molecule has 0 aromatic heterocycles. The van der Waals surface area contributed by atoms with Gasteiger partial charge in [0.25, 0.3) is 6.43 Å². The molecular formula is C7H3BrClF3. The van der Waals surface area contributed by atoms with Crippen molar-refractivity contribution >= 4 is 27.5 Å². The van der Waals surface area contributed by atoms with Gasteiger partial charge in [-0.05, 0) is 12.1 Å². The fourth-order valence-electron chi connectivity index (χ4n) is 0.762. The third-order valence-electron chi connectivity index (χ3n) is 1.26. The van der Waals surface area contributed by atoms with Crippen molar-refractivity contribution in [3.63, 3.8) is 0 Å². The molecule has 12 heavy (non-hydrogen) atoms. The van der Waals surface area contributed by atoms with Crippen molar-refractivity contribution in [3.8, 4) is 0 Å². The van der Waals surface area contributed by atoms with Gasteiger partial charge < -0.3 is 0 Å². The molecule has 66 valence electrons. The summed E-state index contributed by atoms with van der Waals surface area (Å²) in [6.45, 7) is 0. The van der Waals surface area contributed by atoms with Crippen LogP contribution in [0.1, 0.15) is 12.0 Å². The Kier molecular flexibility index (Phi) is 3.01. The van der Waals surface area contributed by atoms with Gasteiger partial charge in [-0.15, -0.1) is 0 Å². The molecule has 0 aliphatic heterocycles. The van der Waals surface area contributed by atoms with Gasteiger partial charge in [-0.25, -0.2) is 13.2 Å². The first-order chi connectivity index (χ1) is 5.52. The Morgan fingerprint density at radius 3 is 2.33 bits per heavy atom. The molecule has 0 bridgehead atoms. The second-order valence-corrected chi connectivity index (χ2v) is 3.37. The van der Waals surface area contributed by atoms with E-state index in [9.17, 15) is 13.2 Å². The van der Waals surface area contributed by atoms with Crippen molar-refractivity contribution in [3.05, 3.63) is 33.0 Å². The van der Waals surface area contributed by atoms with Crippen molar-refractivity contribution in [2.75, 3.05) is 0 Å². The zero-order valence-corrected chi connectivity index (χ0v) is 7.96. The number of halogens is 5. The first-order valence-corrected chi connectivity index (χ1v) is 4.12. The summed E-state index contributed by atoms with van der Waals surface area (Å²) >= 11 is 8.21. The van der Waals surface area contributed by atoms with Crippen LogP contribution in [-0.4, -0.2) is 0 Å². The summed E-state index contributed by atoms with van der Waals surface area (Å²) in [5.41, 5.74) is -0.653. The van der Waals surface area contributed by atoms with E-state index in [1.54, 1.807) is 0 Å². The highest BCUT2D eigenvalue weighted by Gasteiger charge is 2.17. The van der Waals surface area contributed by atoms with Crippen LogP contribution in [0.4, 0.5) is 13.2 Å². The summed E-state index contributed by atoms with van der Waals surface area (Å²) < 4.78 is 37.0. The minimum Gasteiger partial charge on any atom is -0.206 e. The number of alkyl halides is 2. The summed E-state index contributed by atoms with van der Waals surface area (Å²) in [4.78, 5) is 0. The smallest absolute Gasteiger partial charge is 0.206 e. The molecule has 0 atom stereocenters. The van der Waals surface area contributed by atoms with Crippen LogP contribution in [0.2, 0.25) is 5.02 Å². The molecule has 0 saturated carbocycles. The molecule has 0 aliphatic carbocycles. The first kappa shape index (κ1) is 9.86. The van der Waals surface area contributed by atoms with Crippen LogP contribution in [-0.2, 0) is 0 Å². The van der Waals surface area contributed by atoms with Crippen molar-refractivity contribution < 1.29 is 13.2 Å². The van der Waals surface area contributed by atoms with Gasteiger partial charge in [-0.1, -0.05) is 27.5 Å². The van der Waals surface area contributed by atoms with Crippen molar-refractivity contribution in [2.24, 2.45) is 0 Å². The fraction of sp³-hybridized carbons (Fsp3) is 0.143. The van der Waals surface area contributed by atoms with Crippen molar-refractivity contribution in [2.45, 2.75) is 6.43 Å². The number of benzene rings is 1. The lowest BCUT2D eigenvalue weighted by molar-refractivity contribution is 0.145. The van der Waals surface area contributed by atoms with Gasteiger partial charge in [-0.3, -0.25) is 0 Å². The van der Waals surface area contributed by atoms with Gasteiger partial charge in [-0.2, -0.15) is 0 Å². The fourth-order valence-corrected chi connectivity index (χ4v) is 1.71. The van der Waals surface area contributed by atoms with E-state index in [1.165, 1.54) is 6.07 Å². The SMILES string of the molecule is Fc1cc(Cl)cc(Br)c1C(F)F. The molecule has 0 fully saturated rings. The molecule has 0 radical (unpaired) electrons. The summed E-state index contributed by atoms with van der Waals surface area (Å²) in [6.07, 6.45) is -2.84. The van der Waals surface area contributed by atoms with Crippen LogP contribution in [0.3, 0.4) is 0 Å². The summed E-state index contributed by atoms with van der Waals surface area (Å²) in [5.74, 6) is -0.996. The lowest BCUT2D eigenvalue weighted by Gasteiger charge is -2.04. The Morgan fingerprint density at radius 2 is 1.92 bits per heavy atom. The number of rotatable bonds is 1. The zero-order valence-electron chi connectivity index (χ0n) is 5.62. The van der Waals surface area contributed by atoms with Crippen molar-refractivity contribution in [1.82, 2.24) is 0 Å². The molecule has 0 unspecified atom stereocenters. The summed E-state index contributed by atoms with van der Waals surface area (Å²) in [6, 6.07) is 2.08. The second kappa shape index (κ2) is 3.66. The molecule has 1 aromatic carbocycles. The van der Waals surface area contributed by atoms with E-state index >= 15 is 0 Å². The molecular weight excluding hydrogens is 256 g/mol. The Balaban J connectivity index is 3.28. The van der Waals surface area contributed by atoms with Gasteiger partial charge in [0.2, 0.25) is 0 Å². The van der Waals surface area contributed by atoms with E-state index in [0.717, 1.165) is 6.07 Å². The Hall–Kier alpha value is -0.220. The molecule has 5 heteroatoms. The van der Waals surface area contributed by atoms with Gasteiger partial charge in [0.1, 0.15) is 5.82 Å². The topological polar surface area (TPSA) is 0 Å². The van der Waals surface area contributed by atoms with Gasteiger partial charge in [0.15, 0.2) is 0 Å². The van der Waals surface area contributed by atoms with Crippen LogP contribution in [0.25, 0.3) is 0 Å². The van der Waals surface area contributed by atoms with E-state index in [1.807, 2.05) is 0 Å². The maximum absolute atomic E-state index is 12.8. The van der Waals surface area contributed by atoms with Crippen LogP contribution in [0.15, 0.2) is 16.6 Å². The molecule has 0 saturated heterocycles. The van der Waals surface area contributed by atoms with Crippen molar-refractivity contribution in [1.29, 1.82) is 0 Å². The van der Waals surface area contributed by atoms with E-state index in [4.69, 9.17) is 11.6 Å². The lowest BCUT2D eigenvalue weighted by atomic mass is 10.2. The third-order valence-corrected chi connectivity index (χ3v) is 2.14. The third kappa shape index (κ3) is 1.93. The molecule has 0 amide bonds. The number of hydrogen-bond acceptors (Lipinski definition) is 0. The minimum atomic E-state index is -2.84. The molecule has 0 N–H and O–H groups in total. The molecule has 1 rings (SSSR count). The van der Waals surface area contributed by atoms with E-state index in [2.05, 4.69) is 15.9 Å². The standard InChI is InChI=1S/C7H3BrClF3/c8-4-1-3(9)2-5(10)6(4)7(11)12/h1-2,7H. The van der Waals surface area contributed by atoms with E-state index in [0.29, 0.717) is 0 Å². The van der Waals surface area contributed by atoms with Crippen LogP contribution >= 0.6 is 27.5 Å². The predicted octanol–water partition coefficient (Wildman–Crippen LogP) is 4.18. The normalized spacial score (nSPS) is 10.8. The quantitative estimate of drug-likeness (QED) is 0.710. The second-order valence-electron chi connectivity index (χ2n) is 2.08. The summed E-state index contributed by atoms with van der Waals surface area (Å²) in [5, 5.41) is 0.0868. The molecule has 1 aromatic rings. The van der Waals surface area contributed by atoms with Crippen LogP contribution < -0.4 is 0 Å². The monoisotopic (exact) mass is 258 g/mol. The maximum Gasteiger partial charge on any atom is 0.267 e. The number of hydrogen-bond donors (Lipinski definition) is 0.